The van der Waals surface area contributed by atoms with Crippen molar-refractivity contribution in [3.63, 3.8) is 0 Å². The molecule has 0 spiro atoms. The Morgan fingerprint density at radius 2 is 1.73 bits per heavy atom. The molecule has 0 radical (unpaired) electrons. The number of piperidine rings is 1. The van der Waals surface area contributed by atoms with E-state index in [0.29, 0.717) is 24.4 Å². The van der Waals surface area contributed by atoms with E-state index in [1.165, 1.54) is 12.1 Å². The van der Waals surface area contributed by atoms with Crippen LogP contribution in [0.3, 0.4) is 0 Å². The van der Waals surface area contributed by atoms with Crippen LogP contribution in [0, 0.1) is 5.82 Å². The Morgan fingerprint density at radius 1 is 1.09 bits per heavy atom. The number of rotatable bonds is 3. The van der Waals surface area contributed by atoms with Crippen LogP contribution in [0.15, 0.2) is 48.8 Å². The van der Waals surface area contributed by atoms with Crippen molar-refractivity contribution in [2.75, 3.05) is 13.1 Å². The summed E-state index contributed by atoms with van der Waals surface area (Å²) in [6.07, 6.45) is 4.85. The van der Waals surface area contributed by atoms with Crippen molar-refractivity contribution in [2.45, 2.75) is 18.9 Å². The van der Waals surface area contributed by atoms with Crippen molar-refractivity contribution in [1.82, 2.24) is 9.88 Å². The van der Waals surface area contributed by atoms with E-state index in [2.05, 4.69) is 4.98 Å². The summed E-state index contributed by atoms with van der Waals surface area (Å²) in [4.78, 5) is 18.1. The number of nitrogens with zero attached hydrogens (tertiary/aromatic N) is 2. The molecular formula is C17H17FN2O2. The number of amides is 1. The SMILES string of the molecule is O=C(c1ccncc1)N1CCC(Oc2ccc(F)cc2)CC1. The van der Waals surface area contributed by atoms with E-state index in [9.17, 15) is 9.18 Å². The normalized spacial score (nSPS) is 15.6. The average molecular weight is 300 g/mol. The van der Waals surface area contributed by atoms with Crippen molar-refractivity contribution in [1.29, 1.82) is 0 Å². The van der Waals surface area contributed by atoms with Crippen molar-refractivity contribution in [3.05, 3.63) is 60.2 Å². The predicted octanol–water partition coefficient (Wildman–Crippen LogP) is 2.90. The summed E-state index contributed by atoms with van der Waals surface area (Å²) in [6, 6.07) is 9.48. The Morgan fingerprint density at radius 3 is 2.36 bits per heavy atom. The minimum absolute atomic E-state index is 0.0302. The molecule has 22 heavy (non-hydrogen) atoms. The number of halogens is 1. The smallest absolute Gasteiger partial charge is 0.253 e. The van der Waals surface area contributed by atoms with Crippen LogP contribution in [-0.2, 0) is 0 Å². The second kappa shape index (κ2) is 6.56. The van der Waals surface area contributed by atoms with Crippen molar-refractivity contribution in [3.8, 4) is 5.75 Å². The Kier molecular flexibility index (Phi) is 4.32. The molecule has 2 aromatic rings. The second-order valence-corrected chi connectivity index (χ2v) is 5.30. The number of carbonyl (C=O) groups is 1. The van der Waals surface area contributed by atoms with Gasteiger partial charge in [0.05, 0.1) is 0 Å². The first-order chi connectivity index (χ1) is 10.7. The first-order valence-corrected chi connectivity index (χ1v) is 7.34. The van der Waals surface area contributed by atoms with Crippen molar-refractivity contribution >= 4 is 5.91 Å². The van der Waals surface area contributed by atoms with Gasteiger partial charge in [0.25, 0.3) is 5.91 Å². The molecule has 1 saturated heterocycles. The standard InChI is InChI=1S/C17H17FN2O2/c18-14-1-3-15(4-2-14)22-16-7-11-20(12-8-16)17(21)13-5-9-19-10-6-13/h1-6,9-10,16H,7-8,11-12H2. The molecule has 0 N–H and O–H groups in total. The zero-order valence-electron chi connectivity index (χ0n) is 12.1. The van der Waals surface area contributed by atoms with Crippen LogP contribution in [0.4, 0.5) is 4.39 Å². The first kappa shape index (κ1) is 14.5. The summed E-state index contributed by atoms with van der Waals surface area (Å²) < 4.78 is 18.7. The van der Waals surface area contributed by atoms with E-state index in [1.807, 2.05) is 4.90 Å². The summed E-state index contributed by atoms with van der Waals surface area (Å²) >= 11 is 0. The fraction of sp³-hybridized carbons (Fsp3) is 0.294. The van der Waals surface area contributed by atoms with Gasteiger partial charge in [-0.1, -0.05) is 0 Å². The molecule has 4 nitrogen and oxygen atoms in total. The molecule has 1 aromatic carbocycles. The summed E-state index contributed by atoms with van der Waals surface area (Å²) in [5.41, 5.74) is 0.660. The van der Waals surface area contributed by atoms with Gasteiger partial charge in [-0.3, -0.25) is 9.78 Å². The third kappa shape index (κ3) is 3.42. The van der Waals surface area contributed by atoms with Gasteiger partial charge in [-0.05, 0) is 36.4 Å². The molecule has 0 unspecified atom stereocenters. The molecule has 0 saturated carbocycles. The lowest BCUT2D eigenvalue weighted by Gasteiger charge is -2.32. The summed E-state index contributed by atoms with van der Waals surface area (Å²) in [7, 11) is 0. The monoisotopic (exact) mass is 300 g/mol. The van der Waals surface area contributed by atoms with Crippen LogP contribution >= 0.6 is 0 Å². The van der Waals surface area contributed by atoms with Crippen molar-refractivity contribution in [2.24, 2.45) is 0 Å². The third-order valence-electron chi connectivity index (χ3n) is 3.77. The lowest BCUT2D eigenvalue weighted by atomic mass is 10.1. The van der Waals surface area contributed by atoms with Gasteiger partial charge in [0.15, 0.2) is 0 Å². The summed E-state index contributed by atoms with van der Waals surface area (Å²) in [6.45, 7) is 1.32. The fourth-order valence-corrected chi connectivity index (χ4v) is 2.56. The maximum Gasteiger partial charge on any atom is 0.253 e. The molecule has 2 heterocycles. The number of hydrogen-bond donors (Lipinski definition) is 0. The lowest BCUT2D eigenvalue weighted by Crippen LogP contribution is -2.41. The Balaban J connectivity index is 1.54. The Labute approximate surface area is 128 Å². The molecule has 1 aromatic heterocycles. The van der Waals surface area contributed by atoms with Crippen molar-refractivity contribution < 1.29 is 13.9 Å². The number of pyridine rings is 1. The fourth-order valence-electron chi connectivity index (χ4n) is 2.56. The van der Waals surface area contributed by atoms with Gasteiger partial charge in [-0.15, -0.1) is 0 Å². The lowest BCUT2D eigenvalue weighted by molar-refractivity contribution is 0.0595. The number of likely N-dealkylation sites (tertiary alicyclic amines) is 1. The third-order valence-corrected chi connectivity index (χ3v) is 3.77. The quantitative estimate of drug-likeness (QED) is 0.875. The highest BCUT2D eigenvalue weighted by molar-refractivity contribution is 5.94. The van der Waals surface area contributed by atoms with Crippen LogP contribution in [0.1, 0.15) is 23.2 Å². The molecule has 5 heteroatoms. The van der Waals surface area contributed by atoms with Gasteiger partial charge in [0.1, 0.15) is 17.7 Å². The number of ether oxygens (including phenoxy) is 1. The zero-order valence-corrected chi connectivity index (χ0v) is 12.1. The average Bonchev–Trinajstić information content (AvgIpc) is 2.58. The molecular weight excluding hydrogens is 283 g/mol. The van der Waals surface area contributed by atoms with Crippen LogP contribution < -0.4 is 4.74 Å². The summed E-state index contributed by atoms with van der Waals surface area (Å²) in [5, 5.41) is 0. The zero-order chi connectivity index (χ0) is 15.4. The van der Waals surface area contributed by atoms with E-state index < -0.39 is 0 Å². The van der Waals surface area contributed by atoms with Gasteiger partial charge in [0, 0.05) is 43.9 Å². The van der Waals surface area contributed by atoms with Gasteiger partial charge in [0.2, 0.25) is 0 Å². The molecule has 1 aliphatic rings. The molecule has 1 amide bonds. The van der Waals surface area contributed by atoms with Gasteiger partial charge in [-0.2, -0.15) is 0 Å². The largest absolute Gasteiger partial charge is 0.490 e. The van der Waals surface area contributed by atoms with Crippen LogP contribution in [0.25, 0.3) is 0 Å². The number of carbonyl (C=O) groups excluding carboxylic acids is 1. The predicted molar refractivity (Wildman–Crippen MR) is 80.2 cm³/mol. The maximum atomic E-state index is 12.9. The number of aromatic nitrogens is 1. The Hall–Kier alpha value is -2.43. The minimum Gasteiger partial charge on any atom is -0.490 e. The highest BCUT2D eigenvalue weighted by Gasteiger charge is 2.24. The van der Waals surface area contributed by atoms with E-state index >= 15 is 0 Å². The molecule has 1 aliphatic heterocycles. The van der Waals surface area contributed by atoms with Gasteiger partial charge < -0.3 is 9.64 Å². The van der Waals surface area contributed by atoms with E-state index in [1.54, 1.807) is 36.7 Å². The molecule has 0 aliphatic carbocycles. The summed E-state index contributed by atoms with van der Waals surface area (Å²) in [5.74, 6) is 0.424. The number of benzene rings is 1. The topological polar surface area (TPSA) is 42.4 Å². The molecule has 0 atom stereocenters. The van der Waals surface area contributed by atoms with E-state index in [0.717, 1.165) is 12.8 Å². The van der Waals surface area contributed by atoms with Crippen LogP contribution in [-0.4, -0.2) is 35.0 Å². The molecule has 3 rings (SSSR count). The van der Waals surface area contributed by atoms with Crippen LogP contribution in [0.2, 0.25) is 0 Å². The second-order valence-electron chi connectivity index (χ2n) is 5.30. The van der Waals surface area contributed by atoms with E-state index in [4.69, 9.17) is 4.74 Å². The minimum atomic E-state index is -0.273. The van der Waals surface area contributed by atoms with Gasteiger partial charge >= 0.3 is 0 Å². The molecule has 1 fully saturated rings. The number of hydrogen-bond acceptors (Lipinski definition) is 3. The van der Waals surface area contributed by atoms with E-state index in [-0.39, 0.29) is 17.8 Å². The maximum absolute atomic E-state index is 12.9. The highest BCUT2D eigenvalue weighted by atomic mass is 19.1. The highest BCUT2D eigenvalue weighted by Crippen LogP contribution is 2.20. The molecule has 114 valence electrons. The molecule has 0 bridgehead atoms. The van der Waals surface area contributed by atoms with Crippen LogP contribution in [0.5, 0.6) is 5.75 Å². The van der Waals surface area contributed by atoms with Gasteiger partial charge in [-0.25, -0.2) is 4.39 Å². The first-order valence-electron chi connectivity index (χ1n) is 7.34. The Bertz CT molecular complexity index is 623.